The third-order valence-corrected chi connectivity index (χ3v) is 4.30. The molecule has 1 heterocycles. The first-order valence-electron chi connectivity index (χ1n) is 5.67. The van der Waals surface area contributed by atoms with Gasteiger partial charge in [-0.25, -0.2) is 0 Å². The second-order valence-corrected chi connectivity index (χ2v) is 6.71. The Bertz CT molecular complexity index is 445. The zero-order valence-corrected chi connectivity index (χ0v) is 13.0. The molecule has 1 rings (SSSR count). The monoisotopic (exact) mass is 304 g/mol. The maximum Gasteiger partial charge on any atom is 0.230 e. The Morgan fingerprint density at radius 3 is 2.44 bits per heavy atom. The summed E-state index contributed by atoms with van der Waals surface area (Å²) in [5.41, 5.74) is 5.61. The molecule has 0 aliphatic rings. The molecule has 1 aromatic rings. The van der Waals surface area contributed by atoms with Gasteiger partial charge < -0.3 is 11.1 Å². The quantitative estimate of drug-likeness (QED) is 0.822. The van der Waals surface area contributed by atoms with Crippen LogP contribution in [0, 0.1) is 11.8 Å². The largest absolute Gasteiger partial charge is 0.393 e. The Morgan fingerprint density at radius 2 is 2.06 bits per heavy atom. The summed E-state index contributed by atoms with van der Waals surface area (Å²) < 4.78 is 0.709. The number of carbonyl (C=O) groups is 1. The molecule has 2 unspecified atom stereocenters. The van der Waals surface area contributed by atoms with E-state index < -0.39 is 5.92 Å². The first kappa shape index (κ1) is 15.4. The number of rotatable bonds is 5. The van der Waals surface area contributed by atoms with Gasteiger partial charge in [-0.1, -0.05) is 37.7 Å². The van der Waals surface area contributed by atoms with Crippen LogP contribution >= 0.6 is 35.2 Å². The van der Waals surface area contributed by atoms with Crippen LogP contribution in [0.3, 0.4) is 0 Å². The smallest absolute Gasteiger partial charge is 0.230 e. The summed E-state index contributed by atoms with van der Waals surface area (Å²) in [5.74, 6) is -0.478. The van der Waals surface area contributed by atoms with Crippen LogP contribution in [0.25, 0.3) is 0 Å². The van der Waals surface area contributed by atoms with Gasteiger partial charge in [0, 0.05) is 4.88 Å². The van der Waals surface area contributed by atoms with Crippen molar-refractivity contribution in [1.82, 2.24) is 5.32 Å². The van der Waals surface area contributed by atoms with Crippen LogP contribution in [0.5, 0.6) is 0 Å². The number of thiocarbonyl (C=S) groups is 1. The third kappa shape index (κ3) is 3.93. The summed E-state index contributed by atoms with van der Waals surface area (Å²) in [5, 5.41) is 2.92. The molecule has 1 amide bonds. The predicted octanol–water partition coefficient (Wildman–Crippen LogP) is 3.14. The minimum Gasteiger partial charge on any atom is -0.393 e. The van der Waals surface area contributed by atoms with Gasteiger partial charge in [0.05, 0.1) is 21.3 Å². The van der Waals surface area contributed by atoms with E-state index in [-0.39, 0.29) is 22.9 Å². The minimum absolute atomic E-state index is 0.0848. The van der Waals surface area contributed by atoms with E-state index in [0.29, 0.717) is 4.34 Å². The van der Waals surface area contributed by atoms with Crippen molar-refractivity contribution in [2.75, 3.05) is 0 Å². The Morgan fingerprint density at radius 1 is 1.44 bits per heavy atom. The highest BCUT2D eigenvalue weighted by Crippen LogP contribution is 2.27. The average molecular weight is 305 g/mol. The van der Waals surface area contributed by atoms with Crippen LogP contribution in [0.15, 0.2) is 12.1 Å². The fourth-order valence-electron chi connectivity index (χ4n) is 1.70. The van der Waals surface area contributed by atoms with Gasteiger partial charge in [0.1, 0.15) is 0 Å². The van der Waals surface area contributed by atoms with Gasteiger partial charge in [-0.2, -0.15) is 0 Å². The fraction of sp³-hybridized carbons (Fsp3) is 0.500. The van der Waals surface area contributed by atoms with E-state index in [4.69, 9.17) is 29.6 Å². The van der Waals surface area contributed by atoms with Gasteiger partial charge in [0.2, 0.25) is 5.91 Å². The second-order valence-electron chi connectivity index (χ2n) is 4.50. The van der Waals surface area contributed by atoms with E-state index in [9.17, 15) is 4.79 Å². The molecule has 0 aromatic carbocycles. The molecule has 6 heteroatoms. The van der Waals surface area contributed by atoms with Gasteiger partial charge in [0.25, 0.3) is 0 Å². The molecular formula is C12H17ClN2OS2. The molecule has 0 aliphatic heterocycles. The Kier molecular flexibility index (Phi) is 5.56. The van der Waals surface area contributed by atoms with Crippen molar-refractivity contribution in [3.63, 3.8) is 0 Å². The van der Waals surface area contributed by atoms with Crippen molar-refractivity contribution in [3.05, 3.63) is 21.3 Å². The van der Waals surface area contributed by atoms with Gasteiger partial charge in [0.15, 0.2) is 0 Å². The first-order valence-corrected chi connectivity index (χ1v) is 7.28. The number of nitrogens with two attached hydrogens (primary N) is 1. The number of hydrogen-bond acceptors (Lipinski definition) is 3. The molecule has 0 radical (unpaired) electrons. The van der Waals surface area contributed by atoms with Crippen molar-refractivity contribution in [3.8, 4) is 0 Å². The number of hydrogen-bond donors (Lipinski definition) is 2. The van der Waals surface area contributed by atoms with E-state index in [0.717, 1.165) is 4.88 Å². The highest BCUT2D eigenvalue weighted by Gasteiger charge is 2.26. The van der Waals surface area contributed by atoms with Gasteiger partial charge in [-0.05, 0) is 25.0 Å². The molecule has 0 aliphatic carbocycles. The topological polar surface area (TPSA) is 55.1 Å². The fourth-order valence-corrected chi connectivity index (χ4v) is 3.14. The van der Waals surface area contributed by atoms with Crippen molar-refractivity contribution in [1.29, 1.82) is 0 Å². The molecule has 1 aromatic heterocycles. The predicted molar refractivity (Wildman–Crippen MR) is 81.0 cm³/mol. The number of halogens is 1. The van der Waals surface area contributed by atoms with E-state index in [1.165, 1.54) is 11.3 Å². The van der Waals surface area contributed by atoms with Crippen molar-refractivity contribution >= 4 is 46.1 Å². The van der Waals surface area contributed by atoms with Crippen LogP contribution in [-0.4, -0.2) is 10.9 Å². The molecule has 0 fully saturated rings. The van der Waals surface area contributed by atoms with Crippen molar-refractivity contribution in [2.24, 2.45) is 17.6 Å². The first-order chi connectivity index (χ1) is 8.32. The molecule has 100 valence electrons. The SMILES string of the molecule is CC(NC(=O)C(C(N)=S)C(C)C)c1ccc(Cl)s1. The third-order valence-electron chi connectivity index (χ3n) is 2.64. The summed E-state index contributed by atoms with van der Waals surface area (Å²) in [4.78, 5) is 13.4. The summed E-state index contributed by atoms with van der Waals surface area (Å²) >= 11 is 12.3. The number of carbonyl (C=O) groups excluding carboxylic acids is 1. The van der Waals surface area contributed by atoms with Crippen molar-refractivity contribution < 1.29 is 4.79 Å². The number of thiophene rings is 1. The van der Waals surface area contributed by atoms with E-state index >= 15 is 0 Å². The maximum atomic E-state index is 12.1. The summed E-state index contributed by atoms with van der Waals surface area (Å²) in [7, 11) is 0. The van der Waals surface area contributed by atoms with Crippen LogP contribution < -0.4 is 11.1 Å². The standard InChI is InChI=1S/C12H17ClN2OS2/c1-6(2)10(11(14)17)12(16)15-7(3)8-4-5-9(13)18-8/h4-7,10H,1-3H3,(H2,14,17)(H,15,16). The number of amides is 1. The zero-order chi connectivity index (χ0) is 13.9. The molecule has 0 spiro atoms. The van der Waals surface area contributed by atoms with E-state index in [2.05, 4.69) is 5.32 Å². The maximum absolute atomic E-state index is 12.1. The molecule has 3 nitrogen and oxygen atoms in total. The molecule has 3 N–H and O–H groups in total. The lowest BCUT2D eigenvalue weighted by Crippen LogP contribution is -2.41. The van der Waals surface area contributed by atoms with Crippen LogP contribution in [0.4, 0.5) is 0 Å². The molecule has 2 atom stereocenters. The highest BCUT2D eigenvalue weighted by atomic mass is 35.5. The Labute approximate surface area is 122 Å². The highest BCUT2D eigenvalue weighted by molar-refractivity contribution is 7.80. The van der Waals surface area contributed by atoms with E-state index in [1.54, 1.807) is 0 Å². The molecule has 0 saturated carbocycles. The Hall–Kier alpha value is -0.650. The second kappa shape index (κ2) is 6.50. The lowest BCUT2D eigenvalue weighted by atomic mass is 9.94. The number of nitrogens with one attached hydrogen (secondary N) is 1. The lowest BCUT2D eigenvalue weighted by Gasteiger charge is -2.21. The van der Waals surface area contributed by atoms with Crippen LogP contribution in [0.1, 0.15) is 31.7 Å². The van der Waals surface area contributed by atoms with Crippen LogP contribution in [-0.2, 0) is 4.79 Å². The Balaban J connectivity index is 2.72. The molecule has 18 heavy (non-hydrogen) atoms. The average Bonchev–Trinajstić information content (AvgIpc) is 2.63. The summed E-state index contributed by atoms with van der Waals surface area (Å²) in [6.07, 6.45) is 0. The van der Waals surface area contributed by atoms with Crippen molar-refractivity contribution in [2.45, 2.75) is 26.8 Å². The van der Waals surface area contributed by atoms with Crippen LogP contribution in [0.2, 0.25) is 4.34 Å². The molecular weight excluding hydrogens is 288 g/mol. The zero-order valence-electron chi connectivity index (χ0n) is 10.6. The minimum atomic E-state index is -0.433. The van der Waals surface area contributed by atoms with E-state index in [1.807, 2.05) is 32.9 Å². The molecule has 0 bridgehead atoms. The summed E-state index contributed by atoms with van der Waals surface area (Å²) in [6, 6.07) is 3.63. The summed E-state index contributed by atoms with van der Waals surface area (Å²) in [6.45, 7) is 5.77. The van der Waals surface area contributed by atoms with Gasteiger partial charge in [-0.15, -0.1) is 11.3 Å². The molecule has 0 saturated heterocycles. The van der Waals surface area contributed by atoms with Gasteiger partial charge >= 0.3 is 0 Å². The lowest BCUT2D eigenvalue weighted by molar-refractivity contribution is -0.124. The van der Waals surface area contributed by atoms with Gasteiger partial charge in [-0.3, -0.25) is 4.79 Å². The normalized spacial score (nSPS) is 14.3.